The van der Waals surface area contributed by atoms with Gasteiger partial charge in [-0.25, -0.2) is 0 Å². The molecule has 0 atom stereocenters. The van der Waals surface area contributed by atoms with Crippen molar-refractivity contribution in [2.24, 2.45) is 7.05 Å². The van der Waals surface area contributed by atoms with Gasteiger partial charge in [0.05, 0.1) is 11.4 Å². The molecule has 4 nitrogen and oxygen atoms in total. The lowest BCUT2D eigenvalue weighted by Gasteiger charge is -2.01. The second kappa shape index (κ2) is 6.18. The summed E-state index contributed by atoms with van der Waals surface area (Å²) in [4.78, 5) is 19.3. The number of aryl methyl sites for hydroxylation is 1. The van der Waals surface area contributed by atoms with Crippen LogP contribution in [-0.4, -0.2) is 20.8 Å². The van der Waals surface area contributed by atoms with E-state index < -0.39 is 0 Å². The first-order chi connectivity index (χ1) is 10.8. The third kappa shape index (κ3) is 3.01. The Kier molecular flexibility index (Phi) is 3.92. The number of aldehydes is 1. The molecule has 0 spiro atoms. The van der Waals surface area contributed by atoms with Gasteiger partial charge in [-0.05, 0) is 42.0 Å². The van der Waals surface area contributed by atoms with Gasteiger partial charge in [-0.15, -0.1) is 0 Å². The Hall–Kier alpha value is -3.01. The van der Waals surface area contributed by atoms with Crippen molar-refractivity contribution >= 4 is 18.4 Å². The summed E-state index contributed by atoms with van der Waals surface area (Å²) in [5, 5.41) is 0. The van der Waals surface area contributed by atoms with E-state index in [4.69, 9.17) is 0 Å². The van der Waals surface area contributed by atoms with E-state index in [0.717, 1.165) is 28.9 Å². The van der Waals surface area contributed by atoms with E-state index in [0.29, 0.717) is 5.56 Å². The van der Waals surface area contributed by atoms with Gasteiger partial charge in [-0.3, -0.25) is 14.8 Å². The van der Waals surface area contributed by atoms with Crippen LogP contribution in [0.4, 0.5) is 0 Å². The normalized spacial score (nSPS) is 11.0. The van der Waals surface area contributed by atoms with Crippen molar-refractivity contribution in [1.29, 1.82) is 0 Å². The van der Waals surface area contributed by atoms with Crippen molar-refractivity contribution in [3.05, 3.63) is 71.8 Å². The maximum absolute atomic E-state index is 10.6. The second-order valence-electron chi connectivity index (χ2n) is 4.95. The Morgan fingerprint density at radius 2 is 1.59 bits per heavy atom. The van der Waals surface area contributed by atoms with Crippen LogP contribution in [0, 0.1) is 0 Å². The van der Waals surface area contributed by atoms with Gasteiger partial charge in [-0.1, -0.05) is 12.1 Å². The summed E-state index contributed by atoms with van der Waals surface area (Å²) in [7, 11) is 2.01. The maximum atomic E-state index is 10.6. The Balaban J connectivity index is 1.78. The lowest BCUT2D eigenvalue weighted by Crippen LogP contribution is -1.89. The third-order valence-corrected chi connectivity index (χ3v) is 3.40. The van der Waals surface area contributed by atoms with E-state index in [1.165, 1.54) is 0 Å². The Morgan fingerprint density at radius 1 is 0.909 bits per heavy atom. The Morgan fingerprint density at radius 3 is 2.09 bits per heavy atom. The number of nitrogens with zero attached hydrogens (tertiary/aromatic N) is 3. The molecule has 22 heavy (non-hydrogen) atoms. The van der Waals surface area contributed by atoms with Crippen molar-refractivity contribution in [1.82, 2.24) is 14.5 Å². The highest BCUT2D eigenvalue weighted by Gasteiger charge is 2.01. The fourth-order valence-electron chi connectivity index (χ4n) is 2.11. The minimum Gasteiger partial charge on any atom is -0.351 e. The molecule has 0 aliphatic carbocycles. The van der Waals surface area contributed by atoms with Crippen LogP contribution in [0.25, 0.3) is 23.5 Å². The van der Waals surface area contributed by atoms with Gasteiger partial charge in [0, 0.05) is 36.9 Å². The Labute approximate surface area is 128 Å². The predicted molar refractivity (Wildman–Crippen MR) is 87.2 cm³/mol. The Bertz CT molecular complexity index is 799. The minimum absolute atomic E-state index is 0.561. The van der Waals surface area contributed by atoms with Gasteiger partial charge >= 0.3 is 0 Å². The van der Waals surface area contributed by atoms with E-state index in [2.05, 4.69) is 20.6 Å². The molecule has 0 fully saturated rings. The van der Waals surface area contributed by atoms with Crippen LogP contribution in [0.15, 0.2) is 55.0 Å². The van der Waals surface area contributed by atoms with Crippen molar-refractivity contribution in [3.63, 3.8) is 0 Å². The summed E-state index contributed by atoms with van der Waals surface area (Å²) >= 11 is 0. The lowest BCUT2D eigenvalue weighted by molar-refractivity contribution is 0.112. The molecule has 0 radical (unpaired) electrons. The van der Waals surface area contributed by atoms with E-state index in [1.54, 1.807) is 18.3 Å². The lowest BCUT2D eigenvalue weighted by atomic mass is 10.2. The highest BCUT2D eigenvalue weighted by molar-refractivity contribution is 5.75. The number of hydrogen-bond acceptors (Lipinski definition) is 3. The summed E-state index contributed by atoms with van der Waals surface area (Å²) in [6.45, 7) is 0. The van der Waals surface area contributed by atoms with Crippen LogP contribution in [-0.2, 0) is 7.05 Å². The third-order valence-electron chi connectivity index (χ3n) is 3.40. The quantitative estimate of drug-likeness (QED) is 0.691. The highest BCUT2D eigenvalue weighted by atomic mass is 16.1. The summed E-state index contributed by atoms with van der Waals surface area (Å²) < 4.78 is 2.05. The van der Waals surface area contributed by atoms with E-state index in [1.807, 2.05) is 49.8 Å². The molecule has 3 rings (SSSR count). The fraction of sp³-hybridized carbons (Fsp3) is 0.0556. The number of pyridine rings is 2. The van der Waals surface area contributed by atoms with Gasteiger partial charge in [0.15, 0.2) is 6.29 Å². The fourth-order valence-corrected chi connectivity index (χ4v) is 2.11. The number of hydrogen-bond donors (Lipinski definition) is 0. The molecule has 0 saturated carbocycles. The molecule has 108 valence electrons. The zero-order valence-electron chi connectivity index (χ0n) is 12.2. The molecule has 0 unspecified atom stereocenters. The second-order valence-corrected chi connectivity index (χ2v) is 4.95. The van der Waals surface area contributed by atoms with Crippen LogP contribution in [0.3, 0.4) is 0 Å². The van der Waals surface area contributed by atoms with Gasteiger partial charge in [0.25, 0.3) is 0 Å². The average Bonchev–Trinajstić information content (AvgIpc) is 2.99. The van der Waals surface area contributed by atoms with E-state index >= 15 is 0 Å². The summed E-state index contributed by atoms with van der Waals surface area (Å²) in [6, 6.07) is 11.5. The number of aromatic nitrogens is 3. The van der Waals surface area contributed by atoms with Gasteiger partial charge in [-0.2, -0.15) is 0 Å². The maximum Gasteiger partial charge on any atom is 0.151 e. The minimum atomic E-state index is 0.561. The molecule has 3 heterocycles. The highest BCUT2D eigenvalue weighted by Crippen LogP contribution is 2.15. The average molecular weight is 289 g/mol. The number of rotatable bonds is 4. The molecular formula is C18H15N3O. The molecule has 0 aromatic carbocycles. The van der Waals surface area contributed by atoms with E-state index in [-0.39, 0.29) is 0 Å². The molecular weight excluding hydrogens is 274 g/mol. The van der Waals surface area contributed by atoms with Gasteiger partial charge < -0.3 is 4.57 Å². The van der Waals surface area contributed by atoms with Crippen molar-refractivity contribution < 1.29 is 4.79 Å². The van der Waals surface area contributed by atoms with Gasteiger partial charge in [0.2, 0.25) is 0 Å². The summed E-state index contributed by atoms with van der Waals surface area (Å²) in [5.74, 6) is 0. The zero-order chi connectivity index (χ0) is 15.4. The molecule has 3 aromatic heterocycles. The molecule has 3 aromatic rings. The molecule has 0 aliphatic heterocycles. The molecule has 4 heteroatoms. The van der Waals surface area contributed by atoms with Crippen LogP contribution < -0.4 is 0 Å². The van der Waals surface area contributed by atoms with Crippen LogP contribution in [0.2, 0.25) is 0 Å². The number of carbonyl (C=O) groups excluding carboxylic acids is 1. The van der Waals surface area contributed by atoms with E-state index in [9.17, 15) is 4.79 Å². The summed E-state index contributed by atoms with van der Waals surface area (Å²) in [6.07, 6.45) is 10.2. The molecule has 0 saturated heterocycles. The summed E-state index contributed by atoms with van der Waals surface area (Å²) in [5.41, 5.74) is 4.26. The number of carbonyl (C=O) groups is 1. The first kappa shape index (κ1) is 13.9. The topological polar surface area (TPSA) is 47.8 Å². The molecule has 0 N–H and O–H groups in total. The smallest absolute Gasteiger partial charge is 0.151 e. The first-order valence-corrected chi connectivity index (χ1v) is 6.93. The van der Waals surface area contributed by atoms with Gasteiger partial charge in [0.1, 0.15) is 0 Å². The van der Waals surface area contributed by atoms with Crippen LogP contribution in [0.1, 0.15) is 21.6 Å². The van der Waals surface area contributed by atoms with Crippen molar-refractivity contribution in [3.8, 4) is 11.4 Å². The first-order valence-electron chi connectivity index (χ1n) is 6.93. The molecule has 0 bridgehead atoms. The SMILES string of the molecule is Cn1cccc1/C=C/c1ccc(-c2ccc(C=O)cn2)nc1. The zero-order valence-corrected chi connectivity index (χ0v) is 12.2. The van der Waals surface area contributed by atoms with Crippen molar-refractivity contribution in [2.45, 2.75) is 0 Å². The molecule has 0 aliphatic rings. The van der Waals surface area contributed by atoms with Crippen LogP contribution in [0.5, 0.6) is 0 Å². The monoisotopic (exact) mass is 289 g/mol. The largest absolute Gasteiger partial charge is 0.351 e. The molecule has 0 amide bonds. The predicted octanol–water partition coefficient (Wildman–Crippen LogP) is 3.47. The van der Waals surface area contributed by atoms with Crippen molar-refractivity contribution in [2.75, 3.05) is 0 Å². The standard InChI is InChI=1S/C18H15N3O/c1-21-10-2-3-16(21)7-4-14-5-8-17(19-11-14)18-9-6-15(13-22)12-20-18/h2-13H,1H3/b7-4+. The van der Waals surface area contributed by atoms with Crippen LogP contribution >= 0.6 is 0 Å².